The Morgan fingerprint density at radius 2 is 1.95 bits per heavy atom. The molecule has 1 aromatic rings. The fourth-order valence-corrected chi connectivity index (χ4v) is 2.78. The molecule has 0 aromatic heterocycles. The summed E-state index contributed by atoms with van der Waals surface area (Å²) in [5.74, 6) is -1.99. The van der Waals surface area contributed by atoms with Crippen molar-refractivity contribution in [2.45, 2.75) is 18.8 Å². The van der Waals surface area contributed by atoms with Crippen molar-refractivity contribution in [2.75, 3.05) is 20.1 Å². The molecule has 19 heavy (non-hydrogen) atoms. The van der Waals surface area contributed by atoms with Crippen molar-refractivity contribution >= 4 is 23.4 Å². The van der Waals surface area contributed by atoms with Gasteiger partial charge in [0.05, 0.1) is 0 Å². The Morgan fingerprint density at radius 1 is 1.32 bits per heavy atom. The van der Waals surface area contributed by atoms with E-state index in [0.717, 1.165) is 31.5 Å². The molecule has 1 aromatic carbocycles. The molecular weight excluding hydrogens is 266 g/mol. The van der Waals surface area contributed by atoms with Gasteiger partial charge in [-0.05, 0) is 50.5 Å². The van der Waals surface area contributed by atoms with Crippen molar-refractivity contribution in [1.82, 2.24) is 4.90 Å². The van der Waals surface area contributed by atoms with Gasteiger partial charge in [-0.15, -0.1) is 0 Å². The normalized spacial score (nSPS) is 17.4. The van der Waals surface area contributed by atoms with Crippen molar-refractivity contribution in [3.63, 3.8) is 0 Å². The van der Waals surface area contributed by atoms with Crippen LogP contribution < -0.4 is 0 Å². The Morgan fingerprint density at radius 3 is 2.47 bits per heavy atom. The molecule has 0 atom stereocenters. The number of halogens is 1. The zero-order chi connectivity index (χ0) is 14.0. The van der Waals surface area contributed by atoms with E-state index in [4.69, 9.17) is 16.7 Å². The Hall–Kier alpha value is -1.39. The van der Waals surface area contributed by atoms with E-state index in [-0.39, 0.29) is 5.56 Å². The third-order valence-electron chi connectivity index (χ3n) is 3.62. The van der Waals surface area contributed by atoms with Gasteiger partial charge in [0, 0.05) is 10.6 Å². The summed E-state index contributed by atoms with van der Waals surface area (Å²) in [5, 5.41) is 9.16. The number of carboxylic acid groups (broad SMARTS) is 1. The number of carbonyl (C=O) groups is 2. The topological polar surface area (TPSA) is 57.6 Å². The van der Waals surface area contributed by atoms with E-state index in [1.165, 1.54) is 6.07 Å². The highest BCUT2D eigenvalue weighted by molar-refractivity contribution is 6.40. The third-order valence-corrected chi connectivity index (χ3v) is 3.94. The Labute approximate surface area is 117 Å². The molecule has 1 fully saturated rings. The largest absolute Gasteiger partial charge is 0.475 e. The minimum absolute atomic E-state index is 0.133. The molecule has 0 radical (unpaired) electrons. The van der Waals surface area contributed by atoms with Gasteiger partial charge in [-0.3, -0.25) is 4.79 Å². The highest BCUT2D eigenvalue weighted by Crippen LogP contribution is 2.33. The van der Waals surface area contributed by atoms with Crippen LogP contribution in [-0.4, -0.2) is 41.9 Å². The van der Waals surface area contributed by atoms with Crippen LogP contribution in [0.4, 0.5) is 0 Å². The molecule has 102 valence electrons. The average molecular weight is 282 g/mol. The highest BCUT2D eigenvalue weighted by Gasteiger charge is 2.22. The van der Waals surface area contributed by atoms with Gasteiger partial charge in [0.2, 0.25) is 0 Å². The predicted octanol–water partition coefficient (Wildman–Crippen LogP) is 2.42. The maximum atomic E-state index is 11.4. The Kier molecular flexibility index (Phi) is 4.22. The molecule has 0 aliphatic carbocycles. The molecular formula is C14H16ClNO3. The molecule has 0 unspecified atom stereocenters. The molecule has 0 bridgehead atoms. The zero-order valence-corrected chi connectivity index (χ0v) is 11.5. The lowest BCUT2D eigenvalue weighted by atomic mass is 9.89. The molecule has 4 nitrogen and oxygen atoms in total. The summed E-state index contributed by atoms with van der Waals surface area (Å²) in [6, 6.07) is 4.80. The number of carbonyl (C=O) groups excluding carboxylic acids is 1. The maximum Gasteiger partial charge on any atom is 0.377 e. The van der Waals surface area contributed by atoms with Gasteiger partial charge in [-0.2, -0.15) is 0 Å². The van der Waals surface area contributed by atoms with Crippen LogP contribution in [0.3, 0.4) is 0 Å². The molecule has 1 aliphatic heterocycles. The van der Waals surface area contributed by atoms with E-state index in [1.807, 2.05) is 0 Å². The first-order valence-corrected chi connectivity index (χ1v) is 6.62. The molecule has 0 spiro atoms. The second-order valence-electron chi connectivity index (χ2n) is 4.95. The van der Waals surface area contributed by atoms with Gasteiger partial charge in [0.25, 0.3) is 5.78 Å². The number of rotatable bonds is 3. The van der Waals surface area contributed by atoms with Crippen LogP contribution in [0.1, 0.15) is 34.7 Å². The quantitative estimate of drug-likeness (QED) is 0.683. The van der Waals surface area contributed by atoms with Gasteiger partial charge < -0.3 is 10.0 Å². The van der Waals surface area contributed by atoms with Crippen LogP contribution in [0.25, 0.3) is 0 Å². The number of Topliss-reactive ketones (excluding diaryl/α,β-unsaturated/α-hetero) is 1. The summed E-state index contributed by atoms with van der Waals surface area (Å²) >= 11 is 6.19. The van der Waals surface area contributed by atoms with E-state index in [2.05, 4.69) is 11.9 Å². The minimum Gasteiger partial charge on any atom is -0.475 e. The molecule has 1 saturated heterocycles. The summed E-state index contributed by atoms with van der Waals surface area (Å²) in [5.41, 5.74) is 1.14. The van der Waals surface area contributed by atoms with Crippen LogP contribution in [0.2, 0.25) is 5.02 Å². The lowest BCUT2D eigenvalue weighted by Crippen LogP contribution is -2.29. The molecule has 0 saturated carbocycles. The standard InChI is InChI=1S/C14H16ClNO3/c1-16-6-4-9(5-7-16)11-3-2-10(8-12(11)15)13(17)14(18)19/h2-3,8-9H,4-7H2,1H3,(H,18,19). The zero-order valence-electron chi connectivity index (χ0n) is 10.7. The fraction of sp³-hybridized carbons (Fsp3) is 0.429. The number of hydrogen-bond donors (Lipinski definition) is 1. The van der Waals surface area contributed by atoms with Crippen LogP contribution in [-0.2, 0) is 4.79 Å². The summed E-state index contributed by atoms with van der Waals surface area (Å²) < 4.78 is 0. The van der Waals surface area contributed by atoms with Crippen LogP contribution in [0.15, 0.2) is 18.2 Å². The fourth-order valence-electron chi connectivity index (χ4n) is 2.44. The van der Waals surface area contributed by atoms with Crippen LogP contribution >= 0.6 is 11.6 Å². The number of piperidine rings is 1. The first-order chi connectivity index (χ1) is 8.99. The van der Waals surface area contributed by atoms with Crippen molar-refractivity contribution in [3.8, 4) is 0 Å². The van der Waals surface area contributed by atoms with Crippen molar-refractivity contribution in [3.05, 3.63) is 34.3 Å². The number of carboxylic acids is 1. The maximum absolute atomic E-state index is 11.4. The molecule has 1 aliphatic rings. The SMILES string of the molecule is CN1CCC(c2ccc(C(=O)C(=O)O)cc2Cl)CC1. The third kappa shape index (κ3) is 3.14. The minimum atomic E-state index is -1.46. The van der Waals surface area contributed by atoms with Gasteiger partial charge in [0.1, 0.15) is 0 Å². The van der Waals surface area contributed by atoms with Crippen molar-refractivity contribution < 1.29 is 14.7 Å². The Balaban J connectivity index is 2.20. The van der Waals surface area contributed by atoms with E-state index in [9.17, 15) is 9.59 Å². The number of nitrogens with zero attached hydrogens (tertiary/aromatic N) is 1. The van der Waals surface area contributed by atoms with Crippen molar-refractivity contribution in [2.24, 2.45) is 0 Å². The number of benzene rings is 1. The summed E-state index contributed by atoms with van der Waals surface area (Å²) in [7, 11) is 2.09. The van der Waals surface area contributed by atoms with E-state index in [0.29, 0.717) is 10.9 Å². The Bertz CT molecular complexity index is 507. The first-order valence-electron chi connectivity index (χ1n) is 6.24. The molecule has 5 heteroatoms. The van der Waals surface area contributed by atoms with E-state index >= 15 is 0 Å². The number of hydrogen-bond acceptors (Lipinski definition) is 3. The number of aliphatic carboxylic acids is 1. The van der Waals surface area contributed by atoms with Gasteiger partial charge in [-0.25, -0.2) is 4.79 Å². The smallest absolute Gasteiger partial charge is 0.377 e. The lowest BCUT2D eigenvalue weighted by molar-refractivity contribution is -0.131. The summed E-state index contributed by atoms with van der Waals surface area (Å²) in [6.07, 6.45) is 2.06. The summed E-state index contributed by atoms with van der Waals surface area (Å²) in [6.45, 7) is 2.05. The van der Waals surface area contributed by atoms with Gasteiger partial charge >= 0.3 is 5.97 Å². The number of ketones is 1. The summed E-state index contributed by atoms with van der Waals surface area (Å²) in [4.78, 5) is 24.3. The van der Waals surface area contributed by atoms with Gasteiger partial charge in [0.15, 0.2) is 0 Å². The van der Waals surface area contributed by atoms with Crippen molar-refractivity contribution in [1.29, 1.82) is 0 Å². The van der Waals surface area contributed by atoms with E-state index in [1.54, 1.807) is 12.1 Å². The monoisotopic (exact) mass is 281 g/mol. The predicted molar refractivity (Wildman–Crippen MR) is 72.9 cm³/mol. The highest BCUT2D eigenvalue weighted by atomic mass is 35.5. The molecule has 2 rings (SSSR count). The number of likely N-dealkylation sites (tertiary alicyclic amines) is 1. The van der Waals surface area contributed by atoms with E-state index < -0.39 is 11.8 Å². The average Bonchev–Trinajstić information content (AvgIpc) is 2.39. The second-order valence-corrected chi connectivity index (χ2v) is 5.36. The molecule has 1 heterocycles. The molecule has 1 N–H and O–H groups in total. The lowest BCUT2D eigenvalue weighted by Gasteiger charge is -2.29. The van der Waals surface area contributed by atoms with Gasteiger partial charge in [-0.1, -0.05) is 23.7 Å². The van der Waals surface area contributed by atoms with Crippen LogP contribution in [0, 0.1) is 0 Å². The van der Waals surface area contributed by atoms with Crippen LogP contribution in [0.5, 0.6) is 0 Å². The molecule has 0 amide bonds. The first kappa shape index (κ1) is 14.0. The second kappa shape index (κ2) is 5.72.